The van der Waals surface area contributed by atoms with Gasteiger partial charge in [-0.15, -0.1) is 0 Å². The first-order valence-electron chi connectivity index (χ1n) is 5.01. The van der Waals surface area contributed by atoms with E-state index in [4.69, 9.17) is 11.0 Å². The molecule has 2 aromatic heterocycles. The fourth-order valence-corrected chi connectivity index (χ4v) is 2.11. The van der Waals surface area contributed by atoms with Crippen LogP contribution in [0.5, 0.6) is 0 Å². The Kier molecular flexibility index (Phi) is 3.30. The van der Waals surface area contributed by atoms with Crippen LogP contribution in [-0.2, 0) is 0 Å². The van der Waals surface area contributed by atoms with Gasteiger partial charge in [-0.05, 0) is 30.8 Å². The van der Waals surface area contributed by atoms with Crippen LogP contribution in [0.25, 0.3) is 0 Å². The lowest BCUT2D eigenvalue weighted by molar-refractivity contribution is 0.901. The summed E-state index contributed by atoms with van der Waals surface area (Å²) in [5, 5.41) is 9.80. The third-order valence-corrected chi connectivity index (χ3v) is 2.88. The molecular weight excluding hydrogens is 250 g/mol. The molecule has 0 aliphatic carbocycles. The molecule has 6 nitrogen and oxygen atoms in total. The van der Waals surface area contributed by atoms with Crippen LogP contribution in [-0.4, -0.2) is 15.0 Å². The maximum absolute atomic E-state index is 11.3. The van der Waals surface area contributed by atoms with Gasteiger partial charge < -0.3 is 10.7 Å². The topological polar surface area (TPSA) is 108 Å². The number of H-pyrrole nitrogens is 1. The fourth-order valence-electron chi connectivity index (χ4n) is 1.30. The second-order valence-electron chi connectivity index (χ2n) is 3.49. The van der Waals surface area contributed by atoms with Gasteiger partial charge in [0, 0.05) is 11.8 Å². The number of hydrogen-bond acceptors (Lipinski definition) is 6. The number of pyridine rings is 1. The van der Waals surface area contributed by atoms with Crippen molar-refractivity contribution in [2.75, 3.05) is 5.73 Å². The van der Waals surface area contributed by atoms with Crippen LogP contribution in [0, 0.1) is 18.3 Å². The fraction of sp³-hybridized carbons (Fsp3) is 0.0909. The van der Waals surface area contributed by atoms with Gasteiger partial charge in [0.05, 0.1) is 5.69 Å². The minimum Gasteiger partial charge on any atom is -0.396 e. The first kappa shape index (κ1) is 12.1. The van der Waals surface area contributed by atoms with Crippen molar-refractivity contribution in [3.8, 4) is 6.07 Å². The number of aromatic nitrogens is 3. The van der Waals surface area contributed by atoms with Gasteiger partial charge in [-0.1, -0.05) is 0 Å². The Morgan fingerprint density at radius 1 is 1.44 bits per heavy atom. The van der Waals surface area contributed by atoms with Crippen LogP contribution in [0.1, 0.15) is 11.4 Å². The van der Waals surface area contributed by atoms with Crippen molar-refractivity contribution in [3.63, 3.8) is 0 Å². The molecule has 0 aliphatic rings. The van der Waals surface area contributed by atoms with E-state index in [2.05, 4.69) is 15.0 Å². The van der Waals surface area contributed by atoms with Crippen molar-refractivity contribution in [2.45, 2.75) is 17.1 Å². The maximum atomic E-state index is 11.3. The number of rotatable bonds is 2. The number of aryl methyl sites for hydroxylation is 1. The Morgan fingerprint density at radius 2 is 2.22 bits per heavy atom. The molecule has 0 atom stereocenters. The number of anilines is 1. The number of hydrogen-bond donors (Lipinski definition) is 2. The third kappa shape index (κ3) is 2.67. The summed E-state index contributed by atoms with van der Waals surface area (Å²) in [7, 11) is 0. The molecule has 7 heteroatoms. The van der Waals surface area contributed by atoms with Crippen LogP contribution in [0.3, 0.4) is 0 Å². The smallest absolute Gasteiger partial charge is 0.251 e. The number of nitriles is 1. The average Bonchev–Trinajstić information content (AvgIpc) is 2.30. The van der Waals surface area contributed by atoms with Gasteiger partial charge in [0.1, 0.15) is 11.1 Å². The molecule has 0 saturated carbocycles. The van der Waals surface area contributed by atoms with E-state index in [0.717, 1.165) is 0 Å². The van der Waals surface area contributed by atoms with Gasteiger partial charge >= 0.3 is 0 Å². The van der Waals surface area contributed by atoms with Crippen molar-refractivity contribution >= 4 is 17.4 Å². The first-order valence-corrected chi connectivity index (χ1v) is 5.82. The molecule has 2 aromatic rings. The predicted molar refractivity (Wildman–Crippen MR) is 67.1 cm³/mol. The number of nitrogens with two attached hydrogens (primary N) is 1. The minimum atomic E-state index is -0.221. The molecule has 0 unspecified atom stereocenters. The summed E-state index contributed by atoms with van der Waals surface area (Å²) in [6.07, 6.45) is 0. The van der Waals surface area contributed by atoms with Crippen LogP contribution < -0.4 is 11.3 Å². The molecule has 0 radical (unpaired) electrons. The molecule has 0 bridgehead atoms. The molecular formula is C11H9N5OS. The summed E-state index contributed by atoms with van der Waals surface area (Å²) in [4.78, 5) is 22.1. The van der Waals surface area contributed by atoms with Crippen molar-refractivity contribution in [2.24, 2.45) is 0 Å². The van der Waals surface area contributed by atoms with Gasteiger partial charge in [0.2, 0.25) is 0 Å². The molecule has 2 rings (SSSR count). The summed E-state index contributed by atoms with van der Waals surface area (Å²) in [6.45, 7) is 1.73. The van der Waals surface area contributed by atoms with E-state index in [1.54, 1.807) is 19.1 Å². The monoisotopic (exact) mass is 259 g/mol. The lowest BCUT2D eigenvalue weighted by Crippen LogP contribution is -2.08. The normalized spacial score (nSPS) is 10.0. The van der Waals surface area contributed by atoms with Crippen LogP contribution in [0.2, 0.25) is 0 Å². The molecule has 3 N–H and O–H groups in total. The molecule has 0 fully saturated rings. The van der Waals surface area contributed by atoms with Crippen LogP contribution in [0.4, 0.5) is 5.69 Å². The second-order valence-corrected chi connectivity index (χ2v) is 4.50. The molecule has 0 spiro atoms. The molecule has 0 aromatic carbocycles. The van der Waals surface area contributed by atoms with Crippen molar-refractivity contribution in [1.82, 2.24) is 15.0 Å². The molecule has 0 saturated heterocycles. The molecule has 0 amide bonds. The molecule has 2 heterocycles. The van der Waals surface area contributed by atoms with Crippen molar-refractivity contribution in [3.05, 3.63) is 39.9 Å². The molecule has 18 heavy (non-hydrogen) atoms. The van der Waals surface area contributed by atoms with E-state index in [9.17, 15) is 4.79 Å². The highest BCUT2D eigenvalue weighted by molar-refractivity contribution is 7.99. The lowest BCUT2D eigenvalue weighted by Gasteiger charge is -2.02. The third-order valence-electron chi connectivity index (χ3n) is 2.06. The quantitative estimate of drug-likeness (QED) is 0.781. The number of nitrogens with one attached hydrogen (secondary N) is 1. The van der Waals surface area contributed by atoms with E-state index in [1.165, 1.54) is 17.8 Å². The molecule has 90 valence electrons. The van der Waals surface area contributed by atoms with Crippen LogP contribution >= 0.6 is 11.8 Å². The highest BCUT2D eigenvalue weighted by atomic mass is 32.2. The largest absolute Gasteiger partial charge is 0.396 e. The zero-order chi connectivity index (χ0) is 13.1. The Labute approximate surface area is 107 Å². The van der Waals surface area contributed by atoms with E-state index < -0.39 is 0 Å². The predicted octanol–water partition coefficient (Wildman–Crippen LogP) is 1.08. The Bertz CT molecular complexity index is 689. The van der Waals surface area contributed by atoms with Crippen molar-refractivity contribution in [1.29, 1.82) is 5.26 Å². The number of nitrogen functional groups attached to an aromatic ring is 1. The van der Waals surface area contributed by atoms with E-state index in [0.29, 0.717) is 21.6 Å². The summed E-state index contributed by atoms with van der Waals surface area (Å²) in [6, 6.07) is 6.58. The second kappa shape index (κ2) is 4.89. The Hall–Kier alpha value is -2.33. The van der Waals surface area contributed by atoms with Gasteiger partial charge in [0.15, 0.2) is 10.9 Å². The van der Waals surface area contributed by atoms with E-state index in [-0.39, 0.29) is 11.3 Å². The summed E-state index contributed by atoms with van der Waals surface area (Å²) < 4.78 is 0. The Morgan fingerprint density at radius 3 is 2.89 bits per heavy atom. The average molecular weight is 259 g/mol. The van der Waals surface area contributed by atoms with Gasteiger partial charge in [-0.3, -0.25) is 4.79 Å². The lowest BCUT2D eigenvalue weighted by atomic mass is 10.3. The highest BCUT2D eigenvalue weighted by Crippen LogP contribution is 2.23. The van der Waals surface area contributed by atoms with Crippen LogP contribution in [0.15, 0.2) is 33.2 Å². The zero-order valence-electron chi connectivity index (χ0n) is 9.47. The van der Waals surface area contributed by atoms with Crippen molar-refractivity contribution < 1.29 is 0 Å². The molecule has 0 aliphatic heterocycles. The first-order chi connectivity index (χ1) is 8.58. The van der Waals surface area contributed by atoms with E-state index in [1.807, 2.05) is 6.07 Å². The summed E-state index contributed by atoms with van der Waals surface area (Å²) in [5.41, 5.74) is 6.46. The van der Waals surface area contributed by atoms with Gasteiger partial charge in [0.25, 0.3) is 5.56 Å². The highest BCUT2D eigenvalue weighted by Gasteiger charge is 2.06. The summed E-state index contributed by atoms with van der Waals surface area (Å²) >= 11 is 1.17. The zero-order valence-corrected chi connectivity index (χ0v) is 10.3. The van der Waals surface area contributed by atoms with Gasteiger partial charge in [-0.25, -0.2) is 9.97 Å². The Balaban J connectivity index is 2.34. The maximum Gasteiger partial charge on any atom is 0.251 e. The standard InChI is InChI=1S/C11H9N5OS/c1-6-4-9(17)16-11(14-6)18-10-3-2-7(13)8(5-12)15-10/h2-4H,13H2,1H3,(H,14,16,17). The number of nitrogens with zero attached hydrogens (tertiary/aromatic N) is 3. The van der Waals surface area contributed by atoms with Gasteiger partial charge in [-0.2, -0.15) is 5.26 Å². The minimum absolute atomic E-state index is 0.162. The summed E-state index contributed by atoms with van der Waals surface area (Å²) in [5.74, 6) is 0. The number of aromatic amines is 1. The SMILES string of the molecule is Cc1cc(=O)[nH]c(Sc2ccc(N)c(C#N)n2)n1. The van der Waals surface area contributed by atoms with E-state index >= 15 is 0 Å².